The highest BCUT2D eigenvalue weighted by atomic mass is 19.4. The van der Waals surface area contributed by atoms with Crippen molar-refractivity contribution in [1.82, 2.24) is 19.8 Å². The van der Waals surface area contributed by atoms with Crippen LogP contribution in [0.3, 0.4) is 0 Å². The first kappa shape index (κ1) is 31.9. The first-order valence-electron chi connectivity index (χ1n) is 12.9. The minimum absolute atomic E-state index is 0.0300. The number of likely N-dealkylation sites (N-methyl/N-ethyl adjacent to an activating group) is 1. The van der Waals surface area contributed by atoms with E-state index >= 15 is 0 Å². The van der Waals surface area contributed by atoms with Crippen molar-refractivity contribution in [2.24, 2.45) is 0 Å². The lowest BCUT2D eigenvalue weighted by Crippen LogP contribution is -2.37. The molecule has 0 fully saturated rings. The third kappa shape index (κ3) is 8.94. The number of carbonyl (C=O) groups is 3. The number of aryl methyl sites for hydroxylation is 1. The summed E-state index contributed by atoms with van der Waals surface area (Å²) in [5.74, 6) is -1.78. The number of pyridine rings is 1. The number of ether oxygens (including phenoxy) is 1. The second kappa shape index (κ2) is 13.8. The molecule has 0 unspecified atom stereocenters. The highest BCUT2D eigenvalue weighted by Gasteiger charge is 2.27. The van der Waals surface area contributed by atoms with E-state index in [0.29, 0.717) is 16.6 Å². The largest absolute Gasteiger partial charge is 0.436 e. The zero-order chi connectivity index (χ0) is 31.0. The number of hydrogen-bond acceptors (Lipinski definition) is 5. The number of fused-ring (bicyclic) bond motifs is 1. The van der Waals surface area contributed by atoms with Gasteiger partial charge in [0.05, 0.1) is 6.54 Å². The molecular weight excluding hydrogens is 562 g/mol. The highest BCUT2D eigenvalue weighted by molar-refractivity contribution is 5.95. The predicted octanol–water partition coefficient (Wildman–Crippen LogP) is 4.10. The Balaban J connectivity index is 1.80. The van der Waals surface area contributed by atoms with Gasteiger partial charge in [-0.25, -0.2) is 9.18 Å². The van der Waals surface area contributed by atoms with E-state index in [-0.39, 0.29) is 36.5 Å². The SMILES string of the molecule is CNC(=O)/C=C/CC[C@H](OC(=O)N(C)C)C(=O)Nc1cccn(Cc2cc3cc(F)cc(CCC(F)(F)F)c3[nH]2)c1=O. The summed E-state index contributed by atoms with van der Waals surface area (Å²) in [5.41, 5.74) is 0.206. The molecule has 1 aromatic carbocycles. The Morgan fingerprint density at radius 3 is 2.60 bits per heavy atom. The first-order valence-corrected chi connectivity index (χ1v) is 12.9. The average molecular weight is 594 g/mol. The molecule has 3 amide bonds. The summed E-state index contributed by atoms with van der Waals surface area (Å²) in [4.78, 5) is 53.8. The lowest BCUT2D eigenvalue weighted by atomic mass is 10.1. The van der Waals surface area contributed by atoms with Crippen LogP contribution in [0.15, 0.2) is 53.5 Å². The van der Waals surface area contributed by atoms with Gasteiger partial charge in [-0.05, 0) is 61.2 Å². The molecule has 3 aromatic rings. The maximum Gasteiger partial charge on any atom is 0.410 e. The van der Waals surface area contributed by atoms with E-state index in [1.807, 2.05) is 0 Å². The topological polar surface area (TPSA) is 126 Å². The zero-order valence-electron chi connectivity index (χ0n) is 23.2. The van der Waals surface area contributed by atoms with Crippen LogP contribution in [0.25, 0.3) is 10.9 Å². The molecule has 0 aliphatic rings. The van der Waals surface area contributed by atoms with Crippen LogP contribution in [0, 0.1) is 5.82 Å². The van der Waals surface area contributed by atoms with Gasteiger partial charge in [0.1, 0.15) is 11.5 Å². The van der Waals surface area contributed by atoms with Gasteiger partial charge in [0.25, 0.3) is 11.5 Å². The molecule has 0 aliphatic heterocycles. The number of aromatic amines is 1. The number of carbonyl (C=O) groups excluding carboxylic acids is 3. The fraction of sp³-hybridized carbons (Fsp3) is 0.357. The highest BCUT2D eigenvalue weighted by Crippen LogP contribution is 2.27. The number of benzene rings is 1. The molecule has 2 aromatic heterocycles. The van der Waals surface area contributed by atoms with Crippen molar-refractivity contribution >= 4 is 34.5 Å². The lowest BCUT2D eigenvalue weighted by molar-refractivity contribution is -0.134. The van der Waals surface area contributed by atoms with Crippen LogP contribution >= 0.6 is 0 Å². The number of allylic oxidation sites excluding steroid dienone is 1. The van der Waals surface area contributed by atoms with Gasteiger partial charge in [-0.15, -0.1) is 0 Å². The Hall–Kier alpha value is -4.62. The van der Waals surface area contributed by atoms with Crippen LogP contribution in [0.4, 0.5) is 28.0 Å². The van der Waals surface area contributed by atoms with Gasteiger partial charge in [-0.2, -0.15) is 13.2 Å². The molecule has 42 heavy (non-hydrogen) atoms. The number of aromatic nitrogens is 2. The fourth-order valence-electron chi connectivity index (χ4n) is 4.04. The first-order chi connectivity index (χ1) is 19.8. The van der Waals surface area contributed by atoms with E-state index in [4.69, 9.17) is 4.74 Å². The number of hydrogen-bond donors (Lipinski definition) is 3. The van der Waals surface area contributed by atoms with Crippen molar-refractivity contribution in [2.75, 3.05) is 26.5 Å². The van der Waals surface area contributed by atoms with Crippen LogP contribution < -0.4 is 16.2 Å². The summed E-state index contributed by atoms with van der Waals surface area (Å²) in [5, 5.41) is 5.25. The van der Waals surface area contributed by atoms with E-state index in [9.17, 15) is 36.7 Å². The van der Waals surface area contributed by atoms with Gasteiger partial charge in [-0.1, -0.05) is 6.08 Å². The summed E-state index contributed by atoms with van der Waals surface area (Å²) in [6.45, 7) is -0.0547. The quantitative estimate of drug-likeness (QED) is 0.228. The Bertz CT molecular complexity index is 1530. The monoisotopic (exact) mass is 593 g/mol. The standard InChI is InChI=1S/C28H31F4N5O5/c1-33-23(38)9-5-4-8-22(42-27(41)36(2)3)25(39)35-21-7-6-12-37(26(21)40)16-20-15-18-14-19(29)13-17(24(18)34-20)10-11-28(30,31)32/h5-7,9,12-15,22,34H,4,8,10-11,16H2,1-3H3,(H,33,38)(H,35,39)/b9-5+/t22-/m0/s1. The number of alkyl halides is 3. The van der Waals surface area contributed by atoms with Crippen molar-refractivity contribution in [3.8, 4) is 0 Å². The number of nitrogens with zero attached hydrogens (tertiary/aromatic N) is 2. The van der Waals surface area contributed by atoms with E-state index in [0.717, 1.165) is 11.0 Å². The molecule has 0 spiro atoms. The van der Waals surface area contributed by atoms with Crippen molar-refractivity contribution in [2.45, 2.75) is 44.5 Å². The van der Waals surface area contributed by atoms with Crippen LogP contribution in [-0.2, 0) is 27.3 Å². The van der Waals surface area contributed by atoms with Gasteiger partial charge < -0.3 is 29.8 Å². The molecule has 0 saturated heterocycles. The van der Waals surface area contributed by atoms with Gasteiger partial charge in [0.2, 0.25) is 5.91 Å². The summed E-state index contributed by atoms with van der Waals surface area (Å²) in [7, 11) is 4.34. The number of nitrogens with one attached hydrogen (secondary N) is 3. The summed E-state index contributed by atoms with van der Waals surface area (Å²) < 4.78 is 58.9. The molecule has 14 heteroatoms. The molecule has 0 radical (unpaired) electrons. The molecule has 0 bridgehead atoms. The fourth-order valence-corrected chi connectivity index (χ4v) is 4.04. The molecule has 2 heterocycles. The van der Waals surface area contributed by atoms with Gasteiger partial charge >= 0.3 is 12.3 Å². The average Bonchev–Trinajstić information content (AvgIpc) is 3.32. The van der Waals surface area contributed by atoms with Crippen LogP contribution in [0.1, 0.15) is 30.5 Å². The van der Waals surface area contributed by atoms with E-state index < -0.39 is 48.5 Å². The van der Waals surface area contributed by atoms with E-state index in [1.54, 1.807) is 0 Å². The molecule has 226 valence electrons. The van der Waals surface area contributed by atoms with Crippen molar-refractivity contribution < 1.29 is 36.7 Å². The van der Waals surface area contributed by atoms with Gasteiger partial charge in [-0.3, -0.25) is 14.4 Å². The Labute approximate surface area is 238 Å². The van der Waals surface area contributed by atoms with E-state index in [2.05, 4.69) is 15.6 Å². The van der Waals surface area contributed by atoms with Gasteiger partial charge in [0.15, 0.2) is 6.10 Å². The van der Waals surface area contributed by atoms with Crippen molar-refractivity contribution in [3.63, 3.8) is 0 Å². The van der Waals surface area contributed by atoms with Crippen LogP contribution in [0.2, 0.25) is 0 Å². The number of halogens is 4. The number of amides is 3. The van der Waals surface area contributed by atoms with Crippen LogP contribution in [-0.4, -0.2) is 65.8 Å². The molecular formula is C28H31F4N5O5. The Morgan fingerprint density at radius 2 is 1.93 bits per heavy atom. The smallest absolute Gasteiger partial charge is 0.410 e. The molecule has 0 aliphatic carbocycles. The van der Waals surface area contributed by atoms with Crippen molar-refractivity contribution in [1.29, 1.82) is 0 Å². The number of rotatable bonds is 11. The molecule has 10 nitrogen and oxygen atoms in total. The lowest BCUT2D eigenvalue weighted by Gasteiger charge is -2.19. The van der Waals surface area contributed by atoms with Gasteiger partial charge in [0, 0.05) is 50.4 Å². The predicted molar refractivity (Wildman–Crippen MR) is 147 cm³/mol. The zero-order valence-corrected chi connectivity index (χ0v) is 23.2. The minimum atomic E-state index is -4.40. The maximum absolute atomic E-state index is 14.1. The molecule has 0 saturated carbocycles. The third-order valence-electron chi connectivity index (χ3n) is 6.14. The summed E-state index contributed by atoms with van der Waals surface area (Å²) in [6.07, 6.45) is -3.51. The second-order valence-electron chi connectivity index (χ2n) is 9.64. The van der Waals surface area contributed by atoms with Crippen molar-refractivity contribution in [3.05, 3.63) is 76.1 Å². The number of anilines is 1. The summed E-state index contributed by atoms with van der Waals surface area (Å²) >= 11 is 0. The molecule has 3 N–H and O–H groups in total. The Kier molecular flexibility index (Phi) is 10.5. The third-order valence-corrected chi connectivity index (χ3v) is 6.14. The maximum atomic E-state index is 14.1. The second-order valence-corrected chi connectivity index (χ2v) is 9.64. The Morgan fingerprint density at radius 1 is 1.19 bits per heavy atom. The minimum Gasteiger partial charge on any atom is -0.436 e. The normalized spacial score (nSPS) is 12.4. The summed E-state index contributed by atoms with van der Waals surface area (Å²) in [6, 6.07) is 6.63. The molecule has 3 rings (SSSR count). The van der Waals surface area contributed by atoms with E-state index in [1.165, 1.54) is 68.3 Å². The number of H-pyrrole nitrogens is 1. The molecule has 1 atom stereocenters. The van der Waals surface area contributed by atoms with Crippen LogP contribution in [0.5, 0.6) is 0 Å².